The first-order valence-corrected chi connectivity index (χ1v) is 7.47. The van der Waals surface area contributed by atoms with E-state index in [2.05, 4.69) is 4.72 Å². The van der Waals surface area contributed by atoms with Crippen LogP contribution in [0.25, 0.3) is 0 Å². The van der Waals surface area contributed by atoms with Gasteiger partial charge in [0.15, 0.2) is 0 Å². The lowest BCUT2D eigenvalue weighted by Gasteiger charge is -2.41. The normalized spacial score (nSPS) is 17.7. The minimum Gasteiger partial charge on any atom is -0.396 e. The molecule has 9 heteroatoms. The van der Waals surface area contributed by atoms with Gasteiger partial charge in [-0.1, -0.05) is 0 Å². The molecule has 1 aliphatic heterocycles. The van der Waals surface area contributed by atoms with Gasteiger partial charge < -0.3 is 20.1 Å². The number of aryl methyl sites for hydroxylation is 1. The molecule has 112 valence electrons. The summed E-state index contributed by atoms with van der Waals surface area (Å²) in [5, 5.41) is 9.01. The predicted octanol–water partition coefficient (Wildman–Crippen LogP) is -1.45. The minimum absolute atomic E-state index is 0.0862. The van der Waals surface area contributed by atoms with Crippen LogP contribution in [0.5, 0.6) is 0 Å². The van der Waals surface area contributed by atoms with E-state index in [4.69, 9.17) is 15.6 Å². The number of hydrogen-bond donors (Lipinski definition) is 3. The summed E-state index contributed by atoms with van der Waals surface area (Å²) in [7, 11) is -2.38. The number of sulfonamides is 1. The van der Waals surface area contributed by atoms with Gasteiger partial charge in [-0.15, -0.1) is 0 Å². The number of amides is 1. The zero-order chi connectivity index (χ0) is 15.0. The van der Waals surface area contributed by atoms with E-state index < -0.39 is 21.5 Å². The van der Waals surface area contributed by atoms with Crippen LogP contribution in [-0.2, 0) is 21.8 Å². The Balaban J connectivity index is 2.34. The summed E-state index contributed by atoms with van der Waals surface area (Å²) >= 11 is 0. The van der Waals surface area contributed by atoms with E-state index in [1.807, 2.05) is 0 Å². The Labute approximate surface area is 116 Å². The summed E-state index contributed by atoms with van der Waals surface area (Å²) < 4.78 is 33.6. The summed E-state index contributed by atoms with van der Waals surface area (Å²) in [4.78, 5) is 11.2. The van der Waals surface area contributed by atoms with Crippen LogP contribution in [0, 0.1) is 0 Å². The number of ether oxygens (including phenoxy) is 1. The van der Waals surface area contributed by atoms with Crippen LogP contribution in [0.4, 0.5) is 0 Å². The van der Waals surface area contributed by atoms with Crippen molar-refractivity contribution in [1.29, 1.82) is 0 Å². The predicted molar refractivity (Wildman–Crippen MR) is 69.5 cm³/mol. The lowest BCUT2D eigenvalue weighted by molar-refractivity contribution is -0.0720. The van der Waals surface area contributed by atoms with Crippen LogP contribution in [0.2, 0.25) is 0 Å². The van der Waals surface area contributed by atoms with E-state index in [0.29, 0.717) is 0 Å². The zero-order valence-electron chi connectivity index (χ0n) is 11.0. The van der Waals surface area contributed by atoms with Crippen molar-refractivity contribution in [3.63, 3.8) is 0 Å². The number of nitrogens with zero attached hydrogens (tertiary/aromatic N) is 1. The fraction of sp³-hybridized carbons (Fsp3) is 0.545. The summed E-state index contributed by atoms with van der Waals surface area (Å²) in [6, 6.07) is 1.31. The summed E-state index contributed by atoms with van der Waals surface area (Å²) in [5.41, 5.74) is 4.30. The molecule has 0 aromatic carbocycles. The van der Waals surface area contributed by atoms with Crippen LogP contribution in [0.15, 0.2) is 17.2 Å². The lowest BCUT2D eigenvalue weighted by Crippen LogP contribution is -2.62. The number of aliphatic hydroxyl groups is 1. The second kappa shape index (κ2) is 5.17. The van der Waals surface area contributed by atoms with Gasteiger partial charge in [0.05, 0.1) is 18.8 Å². The first-order valence-electron chi connectivity index (χ1n) is 5.99. The maximum Gasteiger partial charge on any atom is 0.266 e. The van der Waals surface area contributed by atoms with Gasteiger partial charge in [-0.05, 0) is 12.5 Å². The smallest absolute Gasteiger partial charge is 0.266 e. The van der Waals surface area contributed by atoms with E-state index in [1.165, 1.54) is 23.9 Å². The molecule has 8 nitrogen and oxygen atoms in total. The number of aliphatic hydroxyl groups excluding tert-OH is 1. The molecule has 4 N–H and O–H groups in total. The van der Waals surface area contributed by atoms with Crippen LogP contribution >= 0.6 is 0 Å². The molecule has 0 bridgehead atoms. The highest BCUT2D eigenvalue weighted by molar-refractivity contribution is 7.89. The maximum atomic E-state index is 12.4. The quantitative estimate of drug-likeness (QED) is 0.593. The van der Waals surface area contributed by atoms with Crippen LogP contribution in [-0.4, -0.2) is 49.4 Å². The van der Waals surface area contributed by atoms with Crippen LogP contribution in [0.1, 0.15) is 16.9 Å². The molecular formula is C11H17N3O5S. The van der Waals surface area contributed by atoms with Crippen molar-refractivity contribution in [1.82, 2.24) is 9.29 Å². The average molecular weight is 303 g/mol. The Morgan fingerprint density at radius 1 is 1.60 bits per heavy atom. The molecule has 0 aliphatic carbocycles. The van der Waals surface area contributed by atoms with Crippen molar-refractivity contribution in [2.75, 3.05) is 19.8 Å². The molecule has 1 aromatic heterocycles. The first kappa shape index (κ1) is 15.0. The molecule has 2 rings (SSSR count). The maximum absolute atomic E-state index is 12.4. The molecule has 0 unspecified atom stereocenters. The third-order valence-corrected chi connectivity index (χ3v) is 4.87. The van der Waals surface area contributed by atoms with Gasteiger partial charge in [-0.3, -0.25) is 4.79 Å². The van der Waals surface area contributed by atoms with Gasteiger partial charge in [0.25, 0.3) is 5.91 Å². The van der Waals surface area contributed by atoms with E-state index in [-0.39, 0.29) is 36.8 Å². The highest BCUT2D eigenvalue weighted by atomic mass is 32.2. The number of rotatable bonds is 6. The highest BCUT2D eigenvalue weighted by Gasteiger charge is 2.42. The topological polar surface area (TPSA) is 124 Å². The molecule has 2 heterocycles. The van der Waals surface area contributed by atoms with Gasteiger partial charge in [-0.2, -0.15) is 0 Å². The molecule has 0 atom stereocenters. The van der Waals surface area contributed by atoms with Crippen LogP contribution in [0.3, 0.4) is 0 Å². The van der Waals surface area contributed by atoms with Crippen molar-refractivity contribution >= 4 is 15.9 Å². The van der Waals surface area contributed by atoms with E-state index in [9.17, 15) is 13.2 Å². The Morgan fingerprint density at radius 2 is 2.25 bits per heavy atom. The third kappa shape index (κ3) is 2.57. The van der Waals surface area contributed by atoms with Crippen molar-refractivity contribution in [3.05, 3.63) is 18.0 Å². The van der Waals surface area contributed by atoms with E-state index in [0.717, 1.165) is 0 Å². The van der Waals surface area contributed by atoms with Crippen LogP contribution < -0.4 is 10.5 Å². The molecule has 1 aromatic rings. The monoisotopic (exact) mass is 303 g/mol. The number of carbonyl (C=O) groups is 1. The Hall–Kier alpha value is -1.42. The van der Waals surface area contributed by atoms with Gasteiger partial charge in [0.2, 0.25) is 10.0 Å². The Morgan fingerprint density at radius 3 is 2.70 bits per heavy atom. The summed E-state index contributed by atoms with van der Waals surface area (Å²) in [5.74, 6) is -0.820. The van der Waals surface area contributed by atoms with Gasteiger partial charge in [-0.25, -0.2) is 13.1 Å². The highest BCUT2D eigenvalue weighted by Crippen LogP contribution is 2.25. The summed E-state index contributed by atoms with van der Waals surface area (Å²) in [6.07, 6.45) is 1.69. The molecule has 0 radical (unpaired) electrons. The fourth-order valence-electron chi connectivity index (χ4n) is 2.18. The fourth-order valence-corrected chi connectivity index (χ4v) is 3.81. The first-order chi connectivity index (χ1) is 9.31. The number of nitrogens with one attached hydrogen (secondary N) is 1. The Bertz CT molecular complexity index is 618. The van der Waals surface area contributed by atoms with Gasteiger partial charge >= 0.3 is 0 Å². The number of nitrogens with two attached hydrogens (primary N) is 1. The molecule has 0 spiro atoms. The van der Waals surface area contributed by atoms with Gasteiger partial charge in [0, 0.05) is 19.9 Å². The number of aromatic nitrogens is 1. The average Bonchev–Trinajstić information content (AvgIpc) is 2.69. The summed E-state index contributed by atoms with van der Waals surface area (Å²) in [6.45, 7) is 0.209. The van der Waals surface area contributed by atoms with E-state index in [1.54, 1.807) is 0 Å². The molecular weight excluding hydrogens is 286 g/mol. The molecule has 1 saturated heterocycles. The molecule has 1 aliphatic rings. The zero-order valence-corrected chi connectivity index (χ0v) is 11.8. The van der Waals surface area contributed by atoms with Gasteiger partial charge in [0.1, 0.15) is 10.6 Å². The largest absolute Gasteiger partial charge is 0.396 e. The van der Waals surface area contributed by atoms with Crippen molar-refractivity contribution < 1.29 is 23.1 Å². The number of carbonyl (C=O) groups excluding carboxylic acids is 1. The molecule has 20 heavy (non-hydrogen) atoms. The van der Waals surface area contributed by atoms with Crippen molar-refractivity contribution in [2.45, 2.75) is 16.9 Å². The van der Waals surface area contributed by atoms with Crippen molar-refractivity contribution in [3.8, 4) is 0 Å². The second-order valence-corrected chi connectivity index (χ2v) is 6.51. The standard InChI is InChI=1S/C11H17N3O5S/c1-14-4-2-8(9(14)10(12)16)20(17,18)13-11(3-5-15)6-19-7-11/h2,4,13,15H,3,5-7H2,1H3,(H2,12,16). The lowest BCUT2D eigenvalue weighted by atomic mass is 9.95. The minimum atomic E-state index is -3.92. The second-order valence-electron chi connectivity index (χ2n) is 4.86. The number of primary amides is 1. The molecule has 1 amide bonds. The number of hydrogen-bond acceptors (Lipinski definition) is 5. The molecule has 0 saturated carbocycles. The molecule has 1 fully saturated rings. The van der Waals surface area contributed by atoms with Crippen molar-refractivity contribution in [2.24, 2.45) is 12.8 Å². The van der Waals surface area contributed by atoms with E-state index >= 15 is 0 Å². The Kier molecular flexibility index (Phi) is 3.87. The third-order valence-electron chi connectivity index (χ3n) is 3.26. The SMILES string of the molecule is Cn1ccc(S(=O)(=O)NC2(CCO)COC2)c1C(N)=O.